The summed E-state index contributed by atoms with van der Waals surface area (Å²) in [5.74, 6) is -0.966. The Bertz CT molecular complexity index is 483. The standard InChI is InChI=1S/C15H18ClNO2/c1-3-9-17(10-4-2)14-11-13(16)7-5-12(14)6-8-15(18)19/h3,5-8,11H,1,4,9-10H2,2H3,(H,18,19)/b8-6+. The Kier molecular flexibility index (Phi) is 6.16. The van der Waals surface area contributed by atoms with Crippen molar-refractivity contribution in [2.75, 3.05) is 18.0 Å². The van der Waals surface area contributed by atoms with E-state index in [-0.39, 0.29) is 0 Å². The fourth-order valence-corrected chi connectivity index (χ4v) is 1.99. The molecule has 0 spiro atoms. The van der Waals surface area contributed by atoms with Gasteiger partial charge in [-0.3, -0.25) is 0 Å². The van der Waals surface area contributed by atoms with Crippen LogP contribution in [0.25, 0.3) is 6.08 Å². The first-order chi connectivity index (χ1) is 9.08. The first kappa shape index (κ1) is 15.3. The lowest BCUT2D eigenvalue weighted by Crippen LogP contribution is -2.24. The molecule has 1 aromatic carbocycles. The third-order valence-corrected chi connectivity index (χ3v) is 2.82. The van der Waals surface area contributed by atoms with Crippen LogP contribution in [0.15, 0.2) is 36.9 Å². The molecule has 1 rings (SSSR count). The highest BCUT2D eigenvalue weighted by Gasteiger charge is 2.09. The van der Waals surface area contributed by atoms with E-state index in [9.17, 15) is 4.79 Å². The Hall–Kier alpha value is -1.74. The van der Waals surface area contributed by atoms with Gasteiger partial charge in [0.15, 0.2) is 0 Å². The van der Waals surface area contributed by atoms with Crippen molar-refractivity contribution in [1.29, 1.82) is 0 Å². The predicted octanol–water partition coefficient (Wildman–Crippen LogP) is 3.84. The average Bonchev–Trinajstić information content (AvgIpc) is 2.37. The van der Waals surface area contributed by atoms with Gasteiger partial charge in [-0.25, -0.2) is 4.79 Å². The number of hydrogen-bond donors (Lipinski definition) is 1. The molecule has 3 nitrogen and oxygen atoms in total. The third kappa shape index (κ3) is 4.79. The van der Waals surface area contributed by atoms with Crippen LogP contribution in [-0.2, 0) is 4.79 Å². The fraction of sp³-hybridized carbons (Fsp3) is 0.267. The molecule has 0 fully saturated rings. The zero-order valence-corrected chi connectivity index (χ0v) is 11.7. The molecule has 0 saturated carbocycles. The van der Waals surface area contributed by atoms with Crippen molar-refractivity contribution < 1.29 is 9.90 Å². The molecule has 0 bridgehead atoms. The minimum absolute atomic E-state index is 0.632. The van der Waals surface area contributed by atoms with Crippen LogP contribution in [0, 0.1) is 0 Å². The molecule has 4 heteroatoms. The number of anilines is 1. The van der Waals surface area contributed by atoms with E-state index in [1.807, 2.05) is 18.2 Å². The normalized spacial score (nSPS) is 10.6. The summed E-state index contributed by atoms with van der Waals surface area (Å²) in [5, 5.41) is 9.36. The van der Waals surface area contributed by atoms with Gasteiger partial charge in [0.25, 0.3) is 0 Å². The smallest absolute Gasteiger partial charge is 0.328 e. The molecular formula is C15H18ClNO2. The Morgan fingerprint density at radius 2 is 2.26 bits per heavy atom. The number of carbonyl (C=O) groups is 1. The number of hydrogen-bond acceptors (Lipinski definition) is 2. The first-order valence-corrected chi connectivity index (χ1v) is 6.52. The fourth-order valence-electron chi connectivity index (χ4n) is 1.83. The Balaban J connectivity index is 3.16. The van der Waals surface area contributed by atoms with Crippen molar-refractivity contribution >= 4 is 29.3 Å². The molecule has 0 aliphatic carbocycles. The average molecular weight is 280 g/mol. The van der Waals surface area contributed by atoms with Crippen molar-refractivity contribution in [3.05, 3.63) is 47.5 Å². The maximum atomic E-state index is 10.6. The molecule has 0 atom stereocenters. The monoisotopic (exact) mass is 279 g/mol. The van der Waals surface area contributed by atoms with Crippen molar-refractivity contribution in [1.82, 2.24) is 0 Å². The van der Waals surface area contributed by atoms with E-state index in [0.29, 0.717) is 11.6 Å². The molecule has 0 radical (unpaired) electrons. The van der Waals surface area contributed by atoms with Gasteiger partial charge < -0.3 is 10.0 Å². The number of aliphatic carboxylic acids is 1. The molecule has 0 saturated heterocycles. The number of benzene rings is 1. The van der Waals surface area contributed by atoms with Gasteiger partial charge in [-0.15, -0.1) is 6.58 Å². The highest BCUT2D eigenvalue weighted by Crippen LogP contribution is 2.26. The maximum Gasteiger partial charge on any atom is 0.328 e. The minimum Gasteiger partial charge on any atom is -0.478 e. The zero-order chi connectivity index (χ0) is 14.3. The lowest BCUT2D eigenvalue weighted by atomic mass is 10.1. The van der Waals surface area contributed by atoms with E-state index in [1.54, 1.807) is 12.1 Å². The van der Waals surface area contributed by atoms with Gasteiger partial charge in [0, 0.05) is 29.9 Å². The lowest BCUT2D eigenvalue weighted by molar-refractivity contribution is -0.131. The highest BCUT2D eigenvalue weighted by molar-refractivity contribution is 6.31. The Morgan fingerprint density at radius 3 is 2.84 bits per heavy atom. The minimum atomic E-state index is -0.966. The lowest BCUT2D eigenvalue weighted by Gasteiger charge is -2.25. The van der Waals surface area contributed by atoms with E-state index >= 15 is 0 Å². The van der Waals surface area contributed by atoms with Gasteiger partial charge in [0.1, 0.15) is 0 Å². The molecule has 102 valence electrons. The highest BCUT2D eigenvalue weighted by atomic mass is 35.5. The summed E-state index contributed by atoms with van der Waals surface area (Å²) in [4.78, 5) is 12.8. The largest absolute Gasteiger partial charge is 0.478 e. The molecule has 1 N–H and O–H groups in total. The Labute approximate surface area is 118 Å². The number of rotatable bonds is 7. The van der Waals surface area contributed by atoms with E-state index in [2.05, 4.69) is 18.4 Å². The van der Waals surface area contributed by atoms with Crippen LogP contribution >= 0.6 is 11.6 Å². The summed E-state index contributed by atoms with van der Waals surface area (Å²) in [6.45, 7) is 7.40. The summed E-state index contributed by atoms with van der Waals surface area (Å²) in [7, 11) is 0. The number of halogens is 1. The van der Waals surface area contributed by atoms with Crippen molar-refractivity contribution in [2.24, 2.45) is 0 Å². The molecule has 0 aromatic heterocycles. The second kappa shape index (κ2) is 7.64. The molecular weight excluding hydrogens is 262 g/mol. The molecule has 0 aliphatic heterocycles. The van der Waals surface area contributed by atoms with Gasteiger partial charge in [-0.2, -0.15) is 0 Å². The number of carboxylic acids is 1. The first-order valence-electron chi connectivity index (χ1n) is 6.15. The van der Waals surface area contributed by atoms with E-state index in [1.165, 1.54) is 0 Å². The summed E-state index contributed by atoms with van der Waals surface area (Å²) < 4.78 is 0. The van der Waals surface area contributed by atoms with Crippen LogP contribution in [0.4, 0.5) is 5.69 Å². The Morgan fingerprint density at radius 1 is 1.53 bits per heavy atom. The predicted molar refractivity (Wildman–Crippen MR) is 80.8 cm³/mol. The van der Waals surface area contributed by atoms with Crippen LogP contribution in [0.2, 0.25) is 5.02 Å². The summed E-state index contributed by atoms with van der Waals surface area (Å²) in [5.41, 5.74) is 1.76. The van der Waals surface area contributed by atoms with Crippen molar-refractivity contribution in [2.45, 2.75) is 13.3 Å². The van der Waals surface area contributed by atoms with E-state index < -0.39 is 5.97 Å². The van der Waals surface area contributed by atoms with Gasteiger partial charge >= 0.3 is 5.97 Å². The van der Waals surface area contributed by atoms with Gasteiger partial charge in [-0.05, 0) is 30.2 Å². The van der Waals surface area contributed by atoms with Gasteiger partial charge in [-0.1, -0.05) is 30.7 Å². The summed E-state index contributed by atoms with van der Waals surface area (Å²) >= 11 is 6.03. The quantitative estimate of drug-likeness (QED) is 0.609. The van der Waals surface area contributed by atoms with E-state index in [4.69, 9.17) is 16.7 Å². The van der Waals surface area contributed by atoms with Crippen LogP contribution in [0.3, 0.4) is 0 Å². The van der Waals surface area contributed by atoms with Crippen molar-refractivity contribution in [3.63, 3.8) is 0 Å². The number of nitrogens with zero attached hydrogens (tertiary/aromatic N) is 1. The summed E-state index contributed by atoms with van der Waals surface area (Å²) in [6.07, 6.45) is 5.52. The molecule has 19 heavy (non-hydrogen) atoms. The van der Waals surface area contributed by atoms with Crippen LogP contribution < -0.4 is 4.90 Å². The van der Waals surface area contributed by atoms with Gasteiger partial charge in [0.05, 0.1) is 0 Å². The summed E-state index contributed by atoms with van der Waals surface area (Å²) in [6, 6.07) is 5.43. The molecule has 0 amide bonds. The van der Waals surface area contributed by atoms with Gasteiger partial charge in [0.2, 0.25) is 0 Å². The SMILES string of the molecule is C=CCN(CCC)c1cc(Cl)ccc1/C=C/C(=O)O. The molecule has 0 aliphatic rings. The van der Waals surface area contributed by atoms with E-state index in [0.717, 1.165) is 30.3 Å². The van der Waals surface area contributed by atoms with Crippen molar-refractivity contribution in [3.8, 4) is 0 Å². The van der Waals surface area contributed by atoms with Crippen LogP contribution in [-0.4, -0.2) is 24.2 Å². The second-order valence-corrected chi connectivity index (χ2v) is 4.55. The zero-order valence-electron chi connectivity index (χ0n) is 11.0. The van der Waals surface area contributed by atoms with Crippen LogP contribution in [0.5, 0.6) is 0 Å². The maximum absolute atomic E-state index is 10.6. The molecule has 0 unspecified atom stereocenters. The topological polar surface area (TPSA) is 40.5 Å². The van der Waals surface area contributed by atoms with Crippen LogP contribution in [0.1, 0.15) is 18.9 Å². The second-order valence-electron chi connectivity index (χ2n) is 4.11. The number of carboxylic acid groups (broad SMARTS) is 1. The third-order valence-electron chi connectivity index (χ3n) is 2.58. The molecule has 0 heterocycles. The molecule has 1 aromatic rings.